The van der Waals surface area contributed by atoms with E-state index in [0.717, 1.165) is 26.2 Å². The number of hydrogen-bond donors (Lipinski definition) is 1. The van der Waals surface area contributed by atoms with Gasteiger partial charge < -0.3 is 10.1 Å². The third kappa shape index (κ3) is 4.05. The lowest BCUT2D eigenvalue weighted by molar-refractivity contribution is 0.121. The second kappa shape index (κ2) is 7.66. The van der Waals surface area contributed by atoms with Crippen LogP contribution in [-0.4, -0.2) is 19.8 Å². The normalized spacial score (nSPS) is 18.9. The van der Waals surface area contributed by atoms with Crippen molar-refractivity contribution in [3.63, 3.8) is 0 Å². The second-order valence-electron chi connectivity index (χ2n) is 5.47. The molecule has 0 fully saturated rings. The molecule has 1 aromatic carbocycles. The van der Waals surface area contributed by atoms with Gasteiger partial charge in [-0.05, 0) is 48.9 Å². The van der Waals surface area contributed by atoms with Crippen LogP contribution in [0.5, 0.6) is 0 Å². The van der Waals surface area contributed by atoms with Crippen molar-refractivity contribution in [3.05, 3.63) is 34.9 Å². The molecular formula is C17H27NO. The number of hydrogen-bond acceptors (Lipinski definition) is 2. The fourth-order valence-electron chi connectivity index (χ4n) is 2.69. The van der Waals surface area contributed by atoms with Gasteiger partial charge in [-0.3, -0.25) is 0 Å². The van der Waals surface area contributed by atoms with Gasteiger partial charge in [0.25, 0.3) is 0 Å². The van der Waals surface area contributed by atoms with Crippen molar-refractivity contribution in [1.82, 2.24) is 5.32 Å². The Hall–Kier alpha value is -0.860. The molecule has 0 amide bonds. The number of fused-ring (bicyclic) bond motifs is 1. The molecule has 0 bridgehead atoms. The minimum Gasteiger partial charge on any atom is -0.379 e. The maximum atomic E-state index is 5.75. The number of ether oxygens (including phenoxy) is 1. The van der Waals surface area contributed by atoms with Gasteiger partial charge in [0.2, 0.25) is 0 Å². The van der Waals surface area contributed by atoms with Gasteiger partial charge in [-0.25, -0.2) is 0 Å². The first-order valence-electron chi connectivity index (χ1n) is 7.78. The van der Waals surface area contributed by atoms with Crippen molar-refractivity contribution in [1.29, 1.82) is 0 Å². The molecule has 1 heterocycles. The molecule has 1 aromatic rings. The largest absolute Gasteiger partial charge is 0.379 e. The average Bonchev–Trinajstić information content (AvgIpc) is 2.64. The molecule has 0 aliphatic carbocycles. The van der Waals surface area contributed by atoms with Crippen LogP contribution in [0.25, 0.3) is 0 Å². The molecule has 0 spiro atoms. The summed E-state index contributed by atoms with van der Waals surface area (Å²) in [7, 11) is 0. The maximum absolute atomic E-state index is 5.75. The molecular weight excluding hydrogens is 234 g/mol. The quantitative estimate of drug-likeness (QED) is 0.844. The molecule has 19 heavy (non-hydrogen) atoms. The van der Waals surface area contributed by atoms with Gasteiger partial charge in [-0.15, -0.1) is 0 Å². The molecule has 2 rings (SSSR count). The van der Waals surface area contributed by atoms with Crippen molar-refractivity contribution in [2.45, 2.75) is 52.0 Å². The van der Waals surface area contributed by atoms with E-state index in [1.54, 1.807) is 0 Å². The lowest BCUT2D eigenvalue weighted by atomic mass is 9.95. The highest BCUT2D eigenvalue weighted by molar-refractivity contribution is 5.35. The number of aryl methyl sites for hydroxylation is 1. The van der Waals surface area contributed by atoms with Gasteiger partial charge in [0.05, 0.1) is 19.3 Å². The molecule has 1 unspecified atom stereocenters. The first kappa shape index (κ1) is 14.5. The Kier molecular flexibility index (Phi) is 5.87. The lowest BCUT2D eigenvalue weighted by Crippen LogP contribution is -2.26. The summed E-state index contributed by atoms with van der Waals surface area (Å²) in [5.74, 6) is 0. The number of unbranched alkanes of at least 4 members (excludes halogenated alkanes) is 1. The summed E-state index contributed by atoms with van der Waals surface area (Å²) in [6.45, 7) is 7.19. The van der Waals surface area contributed by atoms with E-state index in [0.29, 0.717) is 6.04 Å². The third-order valence-corrected chi connectivity index (χ3v) is 3.85. The fourth-order valence-corrected chi connectivity index (χ4v) is 2.69. The van der Waals surface area contributed by atoms with Crippen molar-refractivity contribution in [3.8, 4) is 0 Å². The topological polar surface area (TPSA) is 21.3 Å². The summed E-state index contributed by atoms with van der Waals surface area (Å²) in [6.07, 6.45) is 5.96. The summed E-state index contributed by atoms with van der Waals surface area (Å²) in [5, 5.41) is 3.63. The van der Waals surface area contributed by atoms with Crippen LogP contribution in [0.2, 0.25) is 0 Å². The molecule has 0 radical (unpaired) electrons. The highest BCUT2D eigenvalue weighted by Crippen LogP contribution is 2.24. The Morgan fingerprint density at radius 1 is 1.26 bits per heavy atom. The highest BCUT2D eigenvalue weighted by atomic mass is 16.5. The molecule has 1 aliphatic rings. The Labute approximate surface area is 117 Å². The summed E-state index contributed by atoms with van der Waals surface area (Å²) < 4.78 is 5.75. The maximum Gasteiger partial charge on any atom is 0.0661 e. The molecule has 1 atom stereocenters. The molecule has 2 heteroatoms. The number of rotatable bonds is 6. The fraction of sp³-hybridized carbons (Fsp3) is 0.647. The zero-order valence-corrected chi connectivity index (χ0v) is 12.4. The number of benzene rings is 1. The second-order valence-corrected chi connectivity index (χ2v) is 5.47. The van der Waals surface area contributed by atoms with E-state index < -0.39 is 0 Å². The monoisotopic (exact) mass is 261 g/mol. The van der Waals surface area contributed by atoms with Crippen molar-refractivity contribution >= 4 is 0 Å². The predicted octanol–water partition coefficient (Wildman–Crippen LogP) is 3.64. The van der Waals surface area contributed by atoms with Gasteiger partial charge in [0, 0.05) is 0 Å². The predicted molar refractivity (Wildman–Crippen MR) is 80.6 cm³/mol. The van der Waals surface area contributed by atoms with Crippen LogP contribution in [-0.2, 0) is 17.6 Å². The van der Waals surface area contributed by atoms with Gasteiger partial charge in [0.1, 0.15) is 0 Å². The molecule has 2 nitrogen and oxygen atoms in total. The van der Waals surface area contributed by atoms with Gasteiger partial charge >= 0.3 is 0 Å². The summed E-state index contributed by atoms with van der Waals surface area (Å²) in [6, 6.07) is 7.40. The lowest BCUT2D eigenvalue weighted by Gasteiger charge is -2.19. The van der Waals surface area contributed by atoms with Crippen LogP contribution in [0.15, 0.2) is 18.2 Å². The Bertz CT molecular complexity index is 389. The summed E-state index contributed by atoms with van der Waals surface area (Å²) in [5.41, 5.74) is 4.41. The average molecular weight is 261 g/mol. The molecule has 1 N–H and O–H groups in total. The van der Waals surface area contributed by atoms with Crippen molar-refractivity contribution in [2.24, 2.45) is 0 Å². The highest BCUT2D eigenvalue weighted by Gasteiger charge is 2.18. The summed E-state index contributed by atoms with van der Waals surface area (Å²) >= 11 is 0. The van der Waals surface area contributed by atoms with Crippen LogP contribution in [0.1, 0.15) is 55.8 Å². The van der Waals surface area contributed by atoms with Crippen LogP contribution in [0.3, 0.4) is 0 Å². The van der Waals surface area contributed by atoms with Gasteiger partial charge in [0.15, 0.2) is 0 Å². The van der Waals surface area contributed by atoms with E-state index in [4.69, 9.17) is 4.74 Å². The van der Waals surface area contributed by atoms with E-state index in [2.05, 4.69) is 37.4 Å². The minimum absolute atomic E-state index is 0.374. The van der Waals surface area contributed by atoms with E-state index in [9.17, 15) is 0 Å². The standard InChI is InChI=1S/C17H27NO/c1-3-5-6-14-7-8-15-9-11-19-13-17(16(15)12-14)18-10-4-2/h7-8,12,17-18H,3-6,9-11,13H2,1-2H3. The zero-order chi connectivity index (χ0) is 13.5. The Morgan fingerprint density at radius 3 is 2.95 bits per heavy atom. The van der Waals surface area contributed by atoms with Crippen molar-refractivity contribution < 1.29 is 4.74 Å². The third-order valence-electron chi connectivity index (χ3n) is 3.85. The minimum atomic E-state index is 0.374. The smallest absolute Gasteiger partial charge is 0.0661 e. The number of nitrogens with one attached hydrogen (secondary N) is 1. The zero-order valence-electron chi connectivity index (χ0n) is 12.4. The van der Waals surface area contributed by atoms with Crippen LogP contribution in [0.4, 0.5) is 0 Å². The summed E-state index contributed by atoms with van der Waals surface area (Å²) in [4.78, 5) is 0. The molecule has 0 saturated carbocycles. The van der Waals surface area contributed by atoms with E-state index in [-0.39, 0.29) is 0 Å². The molecule has 106 valence electrons. The SMILES string of the molecule is CCCCc1ccc2c(c1)C(NCCC)COCC2. The van der Waals surface area contributed by atoms with E-state index >= 15 is 0 Å². The Morgan fingerprint density at radius 2 is 2.16 bits per heavy atom. The molecule has 0 aromatic heterocycles. The first-order valence-corrected chi connectivity index (χ1v) is 7.78. The van der Waals surface area contributed by atoms with Gasteiger partial charge in [-0.1, -0.05) is 38.5 Å². The van der Waals surface area contributed by atoms with E-state index in [1.165, 1.54) is 42.4 Å². The van der Waals surface area contributed by atoms with Crippen molar-refractivity contribution in [2.75, 3.05) is 19.8 Å². The van der Waals surface area contributed by atoms with Crippen LogP contribution >= 0.6 is 0 Å². The molecule has 0 saturated heterocycles. The first-order chi connectivity index (χ1) is 9.35. The molecule has 1 aliphatic heterocycles. The Balaban J connectivity index is 2.17. The van der Waals surface area contributed by atoms with Crippen LogP contribution in [0, 0.1) is 0 Å². The van der Waals surface area contributed by atoms with Gasteiger partial charge in [-0.2, -0.15) is 0 Å². The van der Waals surface area contributed by atoms with Crippen LogP contribution < -0.4 is 5.32 Å². The van der Waals surface area contributed by atoms with E-state index in [1.807, 2.05) is 0 Å².